The minimum Gasteiger partial charge on any atom is -0.497 e. The van der Waals surface area contributed by atoms with Crippen LogP contribution < -0.4 is 19.1 Å². The van der Waals surface area contributed by atoms with Crippen LogP contribution in [0.4, 0.5) is 5.69 Å². The Hall–Kier alpha value is -3.31. The summed E-state index contributed by atoms with van der Waals surface area (Å²) in [5, 5.41) is 2.97. The third-order valence-electron chi connectivity index (χ3n) is 6.40. The van der Waals surface area contributed by atoms with E-state index in [1.807, 2.05) is 19.9 Å². The molecule has 10 nitrogen and oxygen atoms in total. The predicted octanol–water partition coefficient (Wildman–Crippen LogP) is 2.35. The first-order valence-electron chi connectivity index (χ1n) is 12.1. The average molecular weight is 532 g/mol. The number of methoxy groups -OCH3 is 1. The number of nitrogens with one attached hydrogen (secondary N) is 1. The largest absolute Gasteiger partial charge is 0.497 e. The van der Waals surface area contributed by atoms with Gasteiger partial charge in [0.1, 0.15) is 23.6 Å². The molecule has 0 spiro atoms. The summed E-state index contributed by atoms with van der Waals surface area (Å²) in [6, 6.07) is 11.2. The fourth-order valence-electron chi connectivity index (χ4n) is 4.58. The Morgan fingerprint density at radius 3 is 2.43 bits per heavy atom. The van der Waals surface area contributed by atoms with Crippen molar-refractivity contribution < 1.29 is 32.2 Å². The van der Waals surface area contributed by atoms with Gasteiger partial charge in [0.2, 0.25) is 15.9 Å². The molecule has 200 valence electrons. The number of amides is 2. The Labute approximate surface area is 217 Å². The van der Waals surface area contributed by atoms with Gasteiger partial charge in [0.25, 0.3) is 5.91 Å². The summed E-state index contributed by atoms with van der Waals surface area (Å²) in [5.41, 5.74) is 0.979. The molecule has 0 saturated carbocycles. The van der Waals surface area contributed by atoms with Gasteiger partial charge in [0.15, 0.2) is 0 Å². The third kappa shape index (κ3) is 6.34. The van der Waals surface area contributed by atoms with Crippen molar-refractivity contribution in [2.75, 3.05) is 50.5 Å². The van der Waals surface area contributed by atoms with E-state index in [9.17, 15) is 18.0 Å². The van der Waals surface area contributed by atoms with Crippen LogP contribution in [0, 0.1) is 0 Å². The van der Waals surface area contributed by atoms with E-state index >= 15 is 0 Å². The lowest BCUT2D eigenvalue weighted by Crippen LogP contribution is -2.45. The molecule has 2 heterocycles. The van der Waals surface area contributed by atoms with Crippen molar-refractivity contribution >= 4 is 27.5 Å². The second kappa shape index (κ2) is 10.6. The maximum Gasteiger partial charge on any atom is 0.254 e. The number of benzene rings is 2. The molecule has 1 saturated heterocycles. The first-order valence-corrected chi connectivity index (χ1v) is 13.9. The van der Waals surface area contributed by atoms with Crippen molar-refractivity contribution in [2.45, 2.75) is 31.9 Å². The van der Waals surface area contributed by atoms with E-state index in [0.717, 1.165) is 16.1 Å². The predicted molar refractivity (Wildman–Crippen MR) is 139 cm³/mol. The normalized spacial score (nSPS) is 18.8. The molecule has 0 radical (unpaired) electrons. The number of nitrogens with zero attached hydrogens (tertiary/aromatic N) is 2. The third-order valence-corrected chi connectivity index (χ3v) is 7.54. The molecule has 2 aromatic carbocycles. The van der Waals surface area contributed by atoms with Gasteiger partial charge in [0.05, 0.1) is 38.3 Å². The summed E-state index contributed by atoms with van der Waals surface area (Å²) < 4.78 is 43.0. The van der Waals surface area contributed by atoms with E-state index < -0.39 is 34.1 Å². The Balaban J connectivity index is 1.51. The van der Waals surface area contributed by atoms with Gasteiger partial charge in [0, 0.05) is 30.6 Å². The van der Waals surface area contributed by atoms with E-state index in [1.165, 1.54) is 0 Å². The number of morpholine rings is 1. The number of fused-ring (bicyclic) bond motifs is 1. The number of carbonyl (C=O) groups excluding carboxylic acids is 2. The topological polar surface area (TPSA) is 114 Å². The molecule has 1 fully saturated rings. The molecule has 1 unspecified atom stereocenters. The summed E-state index contributed by atoms with van der Waals surface area (Å²) in [6.45, 7) is 5.45. The number of sulfonamides is 1. The van der Waals surface area contributed by atoms with Gasteiger partial charge in [-0.05, 0) is 56.3 Å². The second-order valence-corrected chi connectivity index (χ2v) is 11.7. The molecule has 4 rings (SSSR count). The number of hydrogen-bond acceptors (Lipinski definition) is 7. The summed E-state index contributed by atoms with van der Waals surface area (Å²) in [7, 11) is -2.22. The molecule has 37 heavy (non-hydrogen) atoms. The zero-order valence-electron chi connectivity index (χ0n) is 21.5. The van der Waals surface area contributed by atoms with E-state index in [1.54, 1.807) is 48.4 Å². The molecule has 1 N–H and O–H groups in total. The highest BCUT2D eigenvalue weighted by molar-refractivity contribution is 7.92. The second-order valence-electron chi connectivity index (χ2n) is 9.81. The highest BCUT2D eigenvalue weighted by Crippen LogP contribution is 2.41. The van der Waals surface area contributed by atoms with Crippen LogP contribution in [0.2, 0.25) is 0 Å². The fourth-order valence-corrected chi connectivity index (χ4v) is 5.43. The lowest BCUT2D eigenvalue weighted by atomic mass is 9.89. The number of ether oxygens (including phenoxy) is 3. The Kier molecular flexibility index (Phi) is 7.65. The quantitative estimate of drug-likeness (QED) is 0.583. The van der Waals surface area contributed by atoms with Gasteiger partial charge in [-0.1, -0.05) is 0 Å². The van der Waals surface area contributed by atoms with Crippen molar-refractivity contribution in [2.24, 2.45) is 0 Å². The van der Waals surface area contributed by atoms with Crippen LogP contribution in [-0.4, -0.2) is 76.9 Å². The van der Waals surface area contributed by atoms with Gasteiger partial charge < -0.3 is 24.4 Å². The number of carbonyl (C=O) groups is 2. The van der Waals surface area contributed by atoms with Crippen LogP contribution in [0.25, 0.3) is 0 Å². The molecule has 2 aromatic rings. The zero-order valence-corrected chi connectivity index (χ0v) is 22.3. The highest BCUT2D eigenvalue weighted by atomic mass is 32.2. The Morgan fingerprint density at radius 1 is 1.14 bits per heavy atom. The van der Waals surface area contributed by atoms with Crippen molar-refractivity contribution in [1.82, 2.24) is 10.2 Å². The van der Waals surface area contributed by atoms with Crippen LogP contribution >= 0.6 is 0 Å². The molecule has 2 aliphatic heterocycles. The van der Waals surface area contributed by atoms with E-state index in [2.05, 4.69) is 5.32 Å². The van der Waals surface area contributed by atoms with Gasteiger partial charge in [-0.2, -0.15) is 0 Å². The lowest BCUT2D eigenvalue weighted by Gasteiger charge is -2.38. The first-order chi connectivity index (χ1) is 17.5. The molecule has 2 amide bonds. The molecule has 0 aromatic heterocycles. The van der Waals surface area contributed by atoms with Crippen molar-refractivity contribution in [3.63, 3.8) is 0 Å². The fraction of sp³-hybridized carbons (Fsp3) is 0.462. The molecule has 2 aliphatic rings. The molecular weight excluding hydrogens is 498 g/mol. The number of hydrogen-bond donors (Lipinski definition) is 1. The summed E-state index contributed by atoms with van der Waals surface area (Å²) in [5.74, 6) is 0.665. The number of anilines is 1. The minimum atomic E-state index is -3.79. The van der Waals surface area contributed by atoms with Crippen LogP contribution in [0.3, 0.4) is 0 Å². The van der Waals surface area contributed by atoms with Crippen molar-refractivity contribution in [1.29, 1.82) is 0 Å². The summed E-state index contributed by atoms with van der Waals surface area (Å²) in [6.07, 6.45) is 1.54. The minimum absolute atomic E-state index is 0.144. The van der Waals surface area contributed by atoms with Gasteiger partial charge in [-0.3, -0.25) is 13.9 Å². The van der Waals surface area contributed by atoms with E-state index in [0.29, 0.717) is 55.5 Å². The van der Waals surface area contributed by atoms with Gasteiger partial charge in [-0.15, -0.1) is 0 Å². The van der Waals surface area contributed by atoms with E-state index in [-0.39, 0.29) is 5.91 Å². The Morgan fingerprint density at radius 2 is 1.81 bits per heavy atom. The van der Waals surface area contributed by atoms with Gasteiger partial charge >= 0.3 is 0 Å². The van der Waals surface area contributed by atoms with Crippen LogP contribution in [0.15, 0.2) is 42.5 Å². The zero-order chi connectivity index (χ0) is 26.8. The van der Waals surface area contributed by atoms with Crippen molar-refractivity contribution in [3.8, 4) is 11.5 Å². The Bertz CT molecular complexity index is 1260. The molecular formula is C26H33N3O7S. The summed E-state index contributed by atoms with van der Waals surface area (Å²) >= 11 is 0. The standard InChI is InChI=1S/C26H33N3O7S/c1-26(2)16-22(21-15-20(34-3)9-10-23(21)36-26)27-24(30)17-29(37(4,32)33)19-7-5-18(6-8-19)25(31)28-11-13-35-14-12-28/h5-10,15,22H,11-14,16-17H2,1-4H3,(H,27,30). The molecule has 0 bridgehead atoms. The SMILES string of the molecule is COc1ccc2c(c1)C(NC(=O)CN(c1ccc(C(=O)N3CCOCC3)cc1)S(C)(=O)=O)CC(C)(C)O2. The summed E-state index contributed by atoms with van der Waals surface area (Å²) in [4.78, 5) is 27.6. The number of rotatable bonds is 7. The van der Waals surface area contributed by atoms with Crippen LogP contribution in [-0.2, 0) is 19.6 Å². The lowest BCUT2D eigenvalue weighted by molar-refractivity contribution is -0.120. The molecule has 11 heteroatoms. The monoisotopic (exact) mass is 531 g/mol. The van der Waals surface area contributed by atoms with Crippen LogP contribution in [0.5, 0.6) is 11.5 Å². The maximum absolute atomic E-state index is 13.1. The molecule has 0 aliphatic carbocycles. The van der Waals surface area contributed by atoms with Crippen LogP contribution in [0.1, 0.15) is 42.2 Å². The van der Waals surface area contributed by atoms with E-state index in [4.69, 9.17) is 14.2 Å². The highest BCUT2D eigenvalue weighted by Gasteiger charge is 2.35. The smallest absolute Gasteiger partial charge is 0.254 e. The molecule has 1 atom stereocenters. The van der Waals surface area contributed by atoms with Gasteiger partial charge in [-0.25, -0.2) is 8.42 Å². The first kappa shape index (κ1) is 26.7. The maximum atomic E-state index is 13.1. The average Bonchev–Trinajstić information content (AvgIpc) is 2.86. The van der Waals surface area contributed by atoms with Crippen molar-refractivity contribution in [3.05, 3.63) is 53.6 Å².